The lowest BCUT2D eigenvalue weighted by molar-refractivity contribution is 1.10. The number of benzene rings is 7. The van der Waals surface area contributed by atoms with Crippen molar-refractivity contribution in [3.63, 3.8) is 0 Å². The van der Waals surface area contributed by atoms with Gasteiger partial charge in [0.15, 0.2) is 0 Å². The van der Waals surface area contributed by atoms with E-state index in [0.29, 0.717) is 0 Å². The SMILES string of the molecule is c1ccc(-c2cccc(-c3nc4ccccc4n3-c3ccc(-c4c5ccccc5cc5ccccc45)cc3)c2)cc1. The number of para-hydroxylation sites is 2. The van der Waals surface area contributed by atoms with E-state index in [2.05, 4.69) is 162 Å². The Morgan fingerprint density at radius 1 is 0.415 bits per heavy atom. The van der Waals surface area contributed by atoms with E-state index in [0.717, 1.165) is 28.1 Å². The van der Waals surface area contributed by atoms with E-state index in [1.807, 2.05) is 0 Å². The maximum Gasteiger partial charge on any atom is 0.145 e. The summed E-state index contributed by atoms with van der Waals surface area (Å²) in [5.74, 6) is 0.937. The van der Waals surface area contributed by atoms with Crippen molar-refractivity contribution >= 4 is 32.6 Å². The van der Waals surface area contributed by atoms with Crippen LogP contribution in [-0.4, -0.2) is 9.55 Å². The molecule has 192 valence electrons. The summed E-state index contributed by atoms with van der Waals surface area (Å²) in [5.41, 5.74) is 9.12. The molecule has 1 heterocycles. The first-order chi connectivity index (χ1) is 20.3. The molecular formula is C39H26N2. The summed E-state index contributed by atoms with van der Waals surface area (Å²) < 4.78 is 2.28. The van der Waals surface area contributed by atoms with Crippen LogP contribution in [0.5, 0.6) is 0 Å². The van der Waals surface area contributed by atoms with Crippen LogP contribution in [-0.2, 0) is 0 Å². The van der Waals surface area contributed by atoms with Gasteiger partial charge in [-0.15, -0.1) is 0 Å². The van der Waals surface area contributed by atoms with Crippen molar-refractivity contribution in [1.29, 1.82) is 0 Å². The van der Waals surface area contributed by atoms with Gasteiger partial charge in [0, 0.05) is 11.3 Å². The van der Waals surface area contributed by atoms with Gasteiger partial charge in [-0.25, -0.2) is 4.98 Å². The fourth-order valence-electron chi connectivity index (χ4n) is 6.05. The molecule has 0 saturated carbocycles. The number of aromatic nitrogens is 2. The van der Waals surface area contributed by atoms with Gasteiger partial charge in [-0.3, -0.25) is 4.57 Å². The van der Waals surface area contributed by atoms with E-state index >= 15 is 0 Å². The van der Waals surface area contributed by atoms with E-state index in [1.165, 1.54) is 43.8 Å². The highest BCUT2D eigenvalue weighted by Gasteiger charge is 2.16. The topological polar surface area (TPSA) is 17.8 Å². The van der Waals surface area contributed by atoms with E-state index in [9.17, 15) is 0 Å². The van der Waals surface area contributed by atoms with Gasteiger partial charge >= 0.3 is 0 Å². The third-order valence-corrected chi connectivity index (χ3v) is 7.97. The maximum absolute atomic E-state index is 5.12. The second kappa shape index (κ2) is 9.62. The first-order valence-corrected chi connectivity index (χ1v) is 14.0. The Hall–Kier alpha value is -5.47. The predicted molar refractivity (Wildman–Crippen MR) is 172 cm³/mol. The Morgan fingerprint density at radius 3 is 1.78 bits per heavy atom. The normalized spacial score (nSPS) is 11.4. The molecule has 0 N–H and O–H groups in total. The van der Waals surface area contributed by atoms with E-state index in [1.54, 1.807) is 0 Å². The number of nitrogens with zero attached hydrogens (tertiary/aromatic N) is 2. The Kier molecular flexibility index (Phi) is 5.49. The van der Waals surface area contributed by atoms with Crippen molar-refractivity contribution in [2.75, 3.05) is 0 Å². The molecule has 7 aromatic carbocycles. The fourth-order valence-corrected chi connectivity index (χ4v) is 6.05. The van der Waals surface area contributed by atoms with Gasteiger partial charge in [0.2, 0.25) is 0 Å². The number of imidazole rings is 1. The minimum atomic E-state index is 0.937. The summed E-state index contributed by atoms with van der Waals surface area (Å²) in [7, 11) is 0. The van der Waals surface area contributed by atoms with Gasteiger partial charge in [0.1, 0.15) is 5.82 Å². The minimum Gasteiger partial charge on any atom is -0.292 e. The third kappa shape index (κ3) is 4.00. The zero-order valence-electron chi connectivity index (χ0n) is 22.4. The van der Waals surface area contributed by atoms with Crippen LogP contribution in [0.1, 0.15) is 0 Å². The van der Waals surface area contributed by atoms with Crippen LogP contribution in [0.4, 0.5) is 0 Å². The monoisotopic (exact) mass is 522 g/mol. The highest BCUT2D eigenvalue weighted by molar-refractivity contribution is 6.12. The lowest BCUT2D eigenvalue weighted by Gasteiger charge is -2.14. The van der Waals surface area contributed by atoms with Gasteiger partial charge in [-0.1, -0.05) is 121 Å². The number of hydrogen-bond acceptors (Lipinski definition) is 1. The molecule has 1 aromatic heterocycles. The van der Waals surface area contributed by atoms with Gasteiger partial charge < -0.3 is 0 Å². The minimum absolute atomic E-state index is 0.937. The highest BCUT2D eigenvalue weighted by Crippen LogP contribution is 2.37. The second-order valence-corrected chi connectivity index (χ2v) is 10.4. The predicted octanol–water partition coefficient (Wildman–Crippen LogP) is 10.3. The molecule has 0 amide bonds. The van der Waals surface area contributed by atoms with Crippen LogP contribution in [0.3, 0.4) is 0 Å². The van der Waals surface area contributed by atoms with Crippen molar-refractivity contribution in [3.05, 3.63) is 158 Å². The van der Waals surface area contributed by atoms with Crippen LogP contribution >= 0.6 is 0 Å². The van der Waals surface area contributed by atoms with Crippen LogP contribution in [0.2, 0.25) is 0 Å². The standard InChI is InChI=1S/C39H26N2/c1-2-11-27(12-3-1)29-15-10-16-32(25-29)39-40-36-19-8-9-20-37(36)41(39)33-23-21-28(22-24-33)38-34-17-6-4-13-30(34)26-31-14-5-7-18-35(31)38/h1-26H. The van der Waals surface area contributed by atoms with Crippen LogP contribution < -0.4 is 0 Å². The molecule has 0 fully saturated rings. The zero-order chi connectivity index (χ0) is 27.2. The van der Waals surface area contributed by atoms with Gasteiger partial charge in [0.25, 0.3) is 0 Å². The molecule has 0 aliphatic heterocycles. The zero-order valence-corrected chi connectivity index (χ0v) is 22.4. The molecule has 0 unspecified atom stereocenters. The van der Waals surface area contributed by atoms with Crippen molar-refractivity contribution in [2.24, 2.45) is 0 Å². The number of rotatable bonds is 4. The molecule has 41 heavy (non-hydrogen) atoms. The molecule has 0 spiro atoms. The molecule has 8 rings (SSSR count). The lowest BCUT2D eigenvalue weighted by Crippen LogP contribution is -1.98. The molecule has 0 atom stereocenters. The summed E-state index contributed by atoms with van der Waals surface area (Å²) in [5, 5.41) is 5.05. The summed E-state index contributed by atoms with van der Waals surface area (Å²) in [6.07, 6.45) is 0. The first kappa shape index (κ1) is 23.4. The molecule has 2 heteroatoms. The Labute approximate surface area is 238 Å². The maximum atomic E-state index is 5.12. The Balaban J connectivity index is 1.30. The van der Waals surface area contributed by atoms with E-state index in [-0.39, 0.29) is 0 Å². The molecule has 8 aromatic rings. The second-order valence-electron chi connectivity index (χ2n) is 10.4. The molecular weight excluding hydrogens is 496 g/mol. The Morgan fingerprint density at radius 2 is 1.02 bits per heavy atom. The number of fused-ring (bicyclic) bond motifs is 3. The third-order valence-electron chi connectivity index (χ3n) is 7.97. The lowest BCUT2D eigenvalue weighted by atomic mass is 9.92. The summed E-state index contributed by atoms with van der Waals surface area (Å²) in [6, 6.07) is 56.2. The van der Waals surface area contributed by atoms with Gasteiger partial charge in [0.05, 0.1) is 11.0 Å². The average Bonchev–Trinajstić information content (AvgIpc) is 3.44. The van der Waals surface area contributed by atoms with Gasteiger partial charge in [-0.05, 0) is 80.2 Å². The van der Waals surface area contributed by atoms with Crippen LogP contribution in [0.25, 0.3) is 71.9 Å². The van der Waals surface area contributed by atoms with Crippen LogP contribution in [0.15, 0.2) is 158 Å². The summed E-state index contributed by atoms with van der Waals surface area (Å²) in [4.78, 5) is 5.12. The van der Waals surface area contributed by atoms with Crippen LogP contribution in [0, 0.1) is 0 Å². The van der Waals surface area contributed by atoms with Crippen molar-refractivity contribution in [1.82, 2.24) is 9.55 Å². The molecule has 2 nitrogen and oxygen atoms in total. The highest BCUT2D eigenvalue weighted by atomic mass is 15.1. The summed E-state index contributed by atoms with van der Waals surface area (Å²) in [6.45, 7) is 0. The van der Waals surface area contributed by atoms with E-state index < -0.39 is 0 Å². The van der Waals surface area contributed by atoms with Crippen molar-refractivity contribution < 1.29 is 0 Å². The molecule has 0 aliphatic carbocycles. The molecule has 0 saturated heterocycles. The van der Waals surface area contributed by atoms with Crippen molar-refractivity contribution in [3.8, 4) is 39.3 Å². The quantitative estimate of drug-likeness (QED) is 0.210. The average molecular weight is 523 g/mol. The molecule has 0 aliphatic rings. The molecule has 0 bridgehead atoms. The Bertz CT molecular complexity index is 2130. The molecule has 0 radical (unpaired) electrons. The fraction of sp³-hybridized carbons (Fsp3) is 0. The first-order valence-electron chi connectivity index (χ1n) is 14.0. The smallest absolute Gasteiger partial charge is 0.145 e. The van der Waals surface area contributed by atoms with E-state index in [4.69, 9.17) is 4.98 Å². The summed E-state index contributed by atoms with van der Waals surface area (Å²) >= 11 is 0. The van der Waals surface area contributed by atoms with Crippen molar-refractivity contribution in [2.45, 2.75) is 0 Å². The largest absolute Gasteiger partial charge is 0.292 e. The number of hydrogen-bond donors (Lipinski definition) is 0. The van der Waals surface area contributed by atoms with Gasteiger partial charge in [-0.2, -0.15) is 0 Å².